The van der Waals surface area contributed by atoms with Crippen LogP contribution in [0.1, 0.15) is 48.3 Å². The number of hydrogen-bond acceptors (Lipinski definition) is 3. The van der Waals surface area contributed by atoms with Crippen LogP contribution in [0.5, 0.6) is 0 Å². The second-order valence-corrected chi connectivity index (χ2v) is 4.73. The first-order chi connectivity index (χ1) is 9.54. The Morgan fingerprint density at radius 3 is 2.80 bits per heavy atom. The Kier molecular flexibility index (Phi) is 6.49. The summed E-state index contributed by atoms with van der Waals surface area (Å²) in [5, 5.41) is 18.1. The highest BCUT2D eigenvalue weighted by molar-refractivity contribution is 5.94. The number of allylic oxidation sites excluding steroid dienone is 1. The van der Waals surface area contributed by atoms with Gasteiger partial charge in [-0.15, -0.1) is 6.58 Å². The van der Waals surface area contributed by atoms with Gasteiger partial charge in [0.1, 0.15) is 11.7 Å². The van der Waals surface area contributed by atoms with Crippen molar-refractivity contribution in [2.24, 2.45) is 0 Å². The van der Waals surface area contributed by atoms with Crippen molar-refractivity contribution in [1.82, 2.24) is 15.5 Å². The van der Waals surface area contributed by atoms with Gasteiger partial charge >= 0.3 is 5.97 Å². The van der Waals surface area contributed by atoms with Crippen molar-refractivity contribution in [3.05, 3.63) is 30.1 Å². The second-order valence-electron chi connectivity index (χ2n) is 4.73. The van der Waals surface area contributed by atoms with Crippen LogP contribution in [-0.2, 0) is 4.79 Å². The topological polar surface area (TPSA) is 95.1 Å². The zero-order chi connectivity index (χ0) is 15.0. The molecular weight excluding hydrogens is 258 g/mol. The Hall–Kier alpha value is -2.11. The number of carbonyl (C=O) groups excluding carboxylic acids is 1. The van der Waals surface area contributed by atoms with Gasteiger partial charge in [0.15, 0.2) is 0 Å². The van der Waals surface area contributed by atoms with Crippen LogP contribution in [0.15, 0.2) is 18.7 Å². The number of unbranched alkanes of at least 4 members (excludes halogenated alkanes) is 3. The molecule has 0 fully saturated rings. The summed E-state index contributed by atoms with van der Waals surface area (Å²) in [6.45, 7) is 5.41. The van der Waals surface area contributed by atoms with Crippen molar-refractivity contribution < 1.29 is 14.7 Å². The van der Waals surface area contributed by atoms with Crippen LogP contribution in [0, 0.1) is 6.92 Å². The highest BCUT2D eigenvalue weighted by atomic mass is 16.4. The summed E-state index contributed by atoms with van der Waals surface area (Å²) in [7, 11) is 0. The van der Waals surface area contributed by atoms with Gasteiger partial charge < -0.3 is 10.4 Å². The van der Waals surface area contributed by atoms with Crippen LogP contribution >= 0.6 is 0 Å². The average Bonchev–Trinajstić information content (AvgIpc) is 2.83. The molecule has 0 aliphatic rings. The number of aliphatic carboxylic acids is 1. The SMILES string of the molecule is C=CCCCCCC(NC(=O)c1cc(C)[nH]n1)C(=O)O. The van der Waals surface area contributed by atoms with Crippen LogP contribution in [0.2, 0.25) is 0 Å². The van der Waals surface area contributed by atoms with Crippen LogP contribution < -0.4 is 5.32 Å². The Labute approximate surface area is 118 Å². The number of amides is 1. The lowest BCUT2D eigenvalue weighted by molar-refractivity contribution is -0.139. The van der Waals surface area contributed by atoms with Crippen LogP contribution in [-0.4, -0.2) is 33.2 Å². The third-order valence-corrected chi connectivity index (χ3v) is 2.94. The predicted octanol–water partition coefficient (Wildman–Crippen LogP) is 2.04. The minimum Gasteiger partial charge on any atom is -0.480 e. The molecule has 0 saturated carbocycles. The maximum atomic E-state index is 11.8. The van der Waals surface area contributed by atoms with Gasteiger partial charge in [0, 0.05) is 5.69 Å². The van der Waals surface area contributed by atoms with Crippen molar-refractivity contribution in [3.8, 4) is 0 Å². The van der Waals surface area contributed by atoms with E-state index in [0.29, 0.717) is 6.42 Å². The number of rotatable bonds is 9. The first kappa shape index (κ1) is 15.9. The van der Waals surface area contributed by atoms with Crippen LogP contribution in [0.4, 0.5) is 0 Å². The molecule has 0 aromatic carbocycles. The first-order valence-corrected chi connectivity index (χ1v) is 6.71. The van der Waals surface area contributed by atoms with E-state index in [9.17, 15) is 9.59 Å². The van der Waals surface area contributed by atoms with Crippen molar-refractivity contribution in [2.75, 3.05) is 0 Å². The summed E-state index contributed by atoms with van der Waals surface area (Å²) in [6, 6.07) is 0.710. The van der Waals surface area contributed by atoms with E-state index < -0.39 is 17.9 Å². The number of H-pyrrole nitrogens is 1. The fourth-order valence-electron chi connectivity index (χ4n) is 1.84. The van der Waals surface area contributed by atoms with Crippen molar-refractivity contribution in [2.45, 2.75) is 45.1 Å². The lowest BCUT2D eigenvalue weighted by Crippen LogP contribution is -2.40. The summed E-state index contributed by atoms with van der Waals surface area (Å²) in [5.41, 5.74) is 0.965. The maximum absolute atomic E-state index is 11.8. The Morgan fingerprint density at radius 1 is 1.50 bits per heavy atom. The molecule has 1 heterocycles. The molecule has 20 heavy (non-hydrogen) atoms. The number of carboxylic acid groups (broad SMARTS) is 1. The molecule has 1 rings (SSSR count). The van der Waals surface area contributed by atoms with E-state index in [2.05, 4.69) is 22.1 Å². The van der Waals surface area contributed by atoms with Gasteiger partial charge in [0.25, 0.3) is 5.91 Å². The monoisotopic (exact) mass is 279 g/mol. The fourth-order valence-corrected chi connectivity index (χ4v) is 1.84. The van der Waals surface area contributed by atoms with E-state index in [4.69, 9.17) is 5.11 Å². The summed E-state index contributed by atoms with van der Waals surface area (Å²) < 4.78 is 0. The first-order valence-electron chi connectivity index (χ1n) is 6.71. The van der Waals surface area contributed by atoms with Gasteiger partial charge in [-0.1, -0.05) is 18.9 Å². The molecule has 1 aromatic heterocycles. The minimum atomic E-state index is -1.02. The van der Waals surface area contributed by atoms with E-state index in [1.54, 1.807) is 13.0 Å². The van der Waals surface area contributed by atoms with Crippen LogP contribution in [0.3, 0.4) is 0 Å². The minimum absolute atomic E-state index is 0.209. The number of hydrogen-bond donors (Lipinski definition) is 3. The maximum Gasteiger partial charge on any atom is 0.326 e. The van der Waals surface area contributed by atoms with Crippen molar-refractivity contribution in [3.63, 3.8) is 0 Å². The number of carbonyl (C=O) groups is 2. The third kappa shape index (κ3) is 5.26. The molecule has 0 aliphatic heterocycles. The number of nitrogens with one attached hydrogen (secondary N) is 2. The zero-order valence-corrected chi connectivity index (χ0v) is 11.7. The predicted molar refractivity (Wildman–Crippen MR) is 75.5 cm³/mol. The van der Waals surface area contributed by atoms with E-state index in [1.165, 1.54) is 0 Å². The molecular formula is C14H21N3O3. The molecule has 0 radical (unpaired) electrons. The smallest absolute Gasteiger partial charge is 0.326 e. The standard InChI is InChI=1S/C14H21N3O3/c1-3-4-5-6-7-8-11(14(19)20)15-13(18)12-9-10(2)16-17-12/h3,9,11H,1,4-8H2,2H3,(H,15,18)(H,16,17)(H,19,20). The van der Waals surface area contributed by atoms with E-state index in [0.717, 1.165) is 31.4 Å². The molecule has 6 heteroatoms. The Bertz CT molecular complexity index is 468. The summed E-state index contributed by atoms with van der Waals surface area (Å²) in [4.78, 5) is 23.0. The van der Waals surface area contributed by atoms with Crippen molar-refractivity contribution >= 4 is 11.9 Å². The quantitative estimate of drug-likeness (QED) is 0.476. The second kappa shape index (κ2) is 8.14. The zero-order valence-electron chi connectivity index (χ0n) is 11.7. The highest BCUT2D eigenvalue weighted by Crippen LogP contribution is 2.07. The lowest BCUT2D eigenvalue weighted by Gasteiger charge is -2.13. The Morgan fingerprint density at radius 2 is 2.25 bits per heavy atom. The lowest BCUT2D eigenvalue weighted by atomic mass is 10.1. The van der Waals surface area contributed by atoms with Gasteiger partial charge in [-0.05, 0) is 32.3 Å². The van der Waals surface area contributed by atoms with Gasteiger partial charge in [0.2, 0.25) is 0 Å². The molecule has 3 N–H and O–H groups in total. The molecule has 1 atom stereocenters. The summed E-state index contributed by atoms with van der Waals surface area (Å²) in [6.07, 6.45) is 5.86. The molecule has 0 bridgehead atoms. The van der Waals surface area contributed by atoms with Gasteiger partial charge in [-0.2, -0.15) is 5.10 Å². The molecule has 0 saturated heterocycles. The van der Waals surface area contributed by atoms with E-state index in [1.807, 2.05) is 6.08 Å². The van der Waals surface area contributed by atoms with E-state index in [-0.39, 0.29) is 5.69 Å². The summed E-state index contributed by atoms with van der Waals surface area (Å²) >= 11 is 0. The van der Waals surface area contributed by atoms with Gasteiger partial charge in [-0.25, -0.2) is 4.79 Å². The molecule has 0 spiro atoms. The molecule has 110 valence electrons. The normalized spacial score (nSPS) is 11.8. The van der Waals surface area contributed by atoms with Crippen LogP contribution in [0.25, 0.3) is 0 Å². The number of aryl methyl sites for hydroxylation is 1. The fraction of sp³-hybridized carbons (Fsp3) is 0.500. The summed E-state index contributed by atoms with van der Waals surface area (Å²) in [5.74, 6) is -1.48. The molecule has 1 aromatic rings. The number of carboxylic acids is 1. The average molecular weight is 279 g/mol. The highest BCUT2D eigenvalue weighted by Gasteiger charge is 2.21. The Balaban J connectivity index is 2.44. The number of aromatic amines is 1. The molecule has 1 amide bonds. The van der Waals surface area contributed by atoms with Crippen molar-refractivity contribution in [1.29, 1.82) is 0 Å². The number of aromatic nitrogens is 2. The molecule has 0 aliphatic carbocycles. The van der Waals surface area contributed by atoms with E-state index >= 15 is 0 Å². The largest absolute Gasteiger partial charge is 0.480 e. The number of nitrogens with zero attached hydrogens (tertiary/aromatic N) is 1. The molecule has 6 nitrogen and oxygen atoms in total. The third-order valence-electron chi connectivity index (χ3n) is 2.94. The molecule has 1 unspecified atom stereocenters. The van der Waals surface area contributed by atoms with Gasteiger partial charge in [-0.3, -0.25) is 9.89 Å². The van der Waals surface area contributed by atoms with Gasteiger partial charge in [0.05, 0.1) is 0 Å².